The van der Waals surface area contributed by atoms with Crippen molar-refractivity contribution in [2.45, 2.75) is 19.0 Å². The fourth-order valence-electron chi connectivity index (χ4n) is 1.90. The summed E-state index contributed by atoms with van der Waals surface area (Å²) in [6, 6.07) is 11.1. The maximum atomic E-state index is 13.1. The number of nitrogens with one attached hydrogen (secondary N) is 1. The Kier molecular flexibility index (Phi) is 4.24. The van der Waals surface area contributed by atoms with Gasteiger partial charge in [-0.05, 0) is 24.1 Å². The number of hydrogen-bond donors (Lipinski definition) is 2. The van der Waals surface area contributed by atoms with Gasteiger partial charge in [-0.1, -0.05) is 30.3 Å². The van der Waals surface area contributed by atoms with E-state index in [4.69, 9.17) is 0 Å². The van der Waals surface area contributed by atoms with E-state index in [1.165, 1.54) is 12.3 Å². The summed E-state index contributed by atoms with van der Waals surface area (Å²) in [5.74, 6) is -0.357. The first-order valence-electron chi connectivity index (χ1n) is 6.15. The molecule has 0 bridgehead atoms. The van der Waals surface area contributed by atoms with E-state index in [-0.39, 0.29) is 12.4 Å². The quantitative estimate of drug-likeness (QED) is 0.866. The van der Waals surface area contributed by atoms with Crippen molar-refractivity contribution in [2.75, 3.05) is 6.61 Å². The number of hydrogen-bond acceptors (Lipinski definition) is 3. The van der Waals surface area contributed by atoms with Gasteiger partial charge < -0.3 is 10.4 Å². The Hall–Kier alpha value is -1.78. The summed E-state index contributed by atoms with van der Waals surface area (Å²) in [6.07, 6.45) is 2.78. The van der Waals surface area contributed by atoms with Crippen LogP contribution in [0.4, 0.5) is 4.39 Å². The van der Waals surface area contributed by atoms with Gasteiger partial charge in [0.2, 0.25) is 0 Å². The van der Waals surface area contributed by atoms with Crippen molar-refractivity contribution in [1.29, 1.82) is 0 Å². The minimum atomic E-state index is -0.562. The molecule has 2 N–H and O–H groups in total. The first-order chi connectivity index (χ1) is 9.14. The van der Waals surface area contributed by atoms with Crippen molar-refractivity contribution in [3.8, 4) is 0 Å². The summed E-state index contributed by atoms with van der Waals surface area (Å²) in [5.41, 5.74) is 1.17. The molecule has 19 heavy (non-hydrogen) atoms. The third-order valence-corrected chi connectivity index (χ3v) is 3.17. The van der Waals surface area contributed by atoms with Crippen LogP contribution in [-0.4, -0.2) is 16.7 Å². The molecule has 3 nitrogen and oxygen atoms in total. The zero-order valence-electron chi connectivity index (χ0n) is 10.8. The lowest BCUT2D eigenvalue weighted by atomic mass is 9.92. The van der Waals surface area contributed by atoms with Crippen LogP contribution in [0.2, 0.25) is 0 Å². The van der Waals surface area contributed by atoms with Crippen LogP contribution in [0.15, 0.2) is 48.8 Å². The zero-order valence-corrected chi connectivity index (χ0v) is 10.8. The van der Waals surface area contributed by atoms with Crippen LogP contribution in [0.3, 0.4) is 0 Å². The molecule has 1 aromatic heterocycles. The topological polar surface area (TPSA) is 45.1 Å². The molecule has 1 aromatic carbocycles. The largest absolute Gasteiger partial charge is 0.394 e. The highest BCUT2D eigenvalue weighted by Gasteiger charge is 2.24. The number of benzene rings is 1. The SMILES string of the molecule is CC(CO)(NCc1cncc(F)c1)c1ccccc1. The maximum Gasteiger partial charge on any atom is 0.141 e. The third kappa shape index (κ3) is 3.36. The van der Waals surface area contributed by atoms with Gasteiger partial charge in [0.05, 0.1) is 18.3 Å². The summed E-state index contributed by atoms with van der Waals surface area (Å²) in [5, 5.41) is 12.9. The zero-order chi connectivity index (χ0) is 13.7. The van der Waals surface area contributed by atoms with Gasteiger partial charge in [0.25, 0.3) is 0 Å². The molecule has 0 radical (unpaired) electrons. The summed E-state index contributed by atoms with van der Waals surface area (Å²) in [7, 11) is 0. The molecular formula is C15H17FN2O. The van der Waals surface area contributed by atoms with E-state index in [0.29, 0.717) is 6.54 Å². The van der Waals surface area contributed by atoms with Crippen LogP contribution in [0, 0.1) is 5.82 Å². The van der Waals surface area contributed by atoms with Gasteiger partial charge in [0.15, 0.2) is 0 Å². The van der Waals surface area contributed by atoms with Gasteiger partial charge in [-0.25, -0.2) is 4.39 Å². The number of halogens is 1. The average molecular weight is 260 g/mol. The van der Waals surface area contributed by atoms with Gasteiger partial charge >= 0.3 is 0 Å². The summed E-state index contributed by atoms with van der Waals surface area (Å²) < 4.78 is 13.1. The van der Waals surface area contributed by atoms with Crippen molar-refractivity contribution in [2.24, 2.45) is 0 Å². The second-order valence-electron chi connectivity index (χ2n) is 4.72. The van der Waals surface area contributed by atoms with Gasteiger partial charge in [0, 0.05) is 12.7 Å². The van der Waals surface area contributed by atoms with E-state index in [1.807, 2.05) is 37.3 Å². The van der Waals surface area contributed by atoms with Crippen LogP contribution in [0.5, 0.6) is 0 Å². The molecule has 1 atom stereocenters. The average Bonchev–Trinajstić information content (AvgIpc) is 2.46. The molecule has 0 saturated heterocycles. The summed E-state index contributed by atoms with van der Waals surface area (Å²) in [6.45, 7) is 2.31. The van der Waals surface area contributed by atoms with Gasteiger partial charge in [-0.2, -0.15) is 0 Å². The fourth-order valence-corrected chi connectivity index (χ4v) is 1.90. The Morgan fingerprint density at radius 2 is 2.00 bits per heavy atom. The molecule has 0 aliphatic rings. The van der Waals surface area contributed by atoms with E-state index in [0.717, 1.165) is 11.1 Å². The number of aliphatic hydroxyl groups excluding tert-OH is 1. The minimum Gasteiger partial charge on any atom is -0.394 e. The Morgan fingerprint density at radius 1 is 1.26 bits per heavy atom. The summed E-state index contributed by atoms with van der Waals surface area (Å²) in [4.78, 5) is 3.81. The summed E-state index contributed by atoms with van der Waals surface area (Å²) >= 11 is 0. The van der Waals surface area contributed by atoms with Crippen molar-refractivity contribution < 1.29 is 9.50 Å². The van der Waals surface area contributed by atoms with Crippen molar-refractivity contribution in [1.82, 2.24) is 10.3 Å². The lowest BCUT2D eigenvalue weighted by molar-refractivity contribution is 0.173. The van der Waals surface area contributed by atoms with Crippen LogP contribution in [-0.2, 0) is 12.1 Å². The fraction of sp³-hybridized carbons (Fsp3) is 0.267. The lowest BCUT2D eigenvalue weighted by Gasteiger charge is -2.29. The van der Waals surface area contributed by atoms with Gasteiger partial charge in [-0.3, -0.25) is 4.98 Å². The number of aliphatic hydroxyl groups is 1. The van der Waals surface area contributed by atoms with E-state index in [9.17, 15) is 9.50 Å². The predicted octanol–water partition coefficient (Wildman–Crippen LogP) is 2.22. The van der Waals surface area contributed by atoms with Gasteiger partial charge in [-0.15, -0.1) is 0 Å². The van der Waals surface area contributed by atoms with Gasteiger partial charge in [0.1, 0.15) is 5.82 Å². The van der Waals surface area contributed by atoms with Crippen molar-refractivity contribution >= 4 is 0 Å². The highest BCUT2D eigenvalue weighted by molar-refractivity contribution is 5.24. The predicted molar refractivity (Wildman–Crippen MR) is 71.9 cm³/mol. The molecule has 0 amide bonds. The third-order valence-electron chi connectivity index (χ3n) is 3.17. The van der Waals surface area contributed by atoms with Crippen LogP contribution in [0.25, 0.3) is 0 Å². The second kappa shape index (κ2) is 5.91. The molecule has 0 fully saturated rings. The van der Waals surface area contributed by atoms with E-state index in [2.05, 4.69) is 10.3 Å². The van der Waals surface area contributed by atoms with Crippen molar-refractivity contribution in [3.63, 3.8) is 0 Å². The lowest BCUT2D eigenvalue weighted by Crippen LogP contribution is -2.42. The van der Waals surface area contributed by atoms with E-state index >= 15 is 0 Å². The molecular weight excluding hydrogens is 243 g/mol. The molecule has 0 aliphatic carbocycles. The van der Waals surface area contributed by atoms with Crippen LogP contribution >= 0.6 is 0 Å². The smallest absolute Gasteiger partial charge is 0.141 e. The molecule has 1 heterocycles. The molecule has 0 aliphatic heterocycles. The van der Waals surface area contributed by atoms with Crippen LogP contribution in [0.1, 0.15) is 18.1 Å². The first-order valence-corrected chi connectivity index (χ1v) is 6.15. The standard InChI is InChI=1S/C15H17FN2O/c1-15(11-19,13-5-3-2-4-6-13)18-9-12-7-14(16)10-17-8-12/h2-8,10,18-19H,9,11H2,1H3. The number of rotatable bonds is 5. The Balaban J connectivity index is 2.11. The molecule has 2 rings (SSSR count). The Bertz CT molecular complexity index is 533. The normalized spacial score (nSPS) is 14.1. The van der Waals surface area contributed by atoms with Crippen LogP contribution < -0.4 is 5.32 Å². The van der Waals surface area contributed by atoms with E-state index in [1.54, 1.807) is 6.20 Å². The molecule has 0 spiro atoms. The molecule has 0 saturated carbocycles. The maximum absolute atomic E-state index is 13.1. The molecule has 2 aromatic rings. The second-order valence-corrected chi connectivity index (χ2v) is 4.72. The monoisotopic (exact) mass is 260 g/mol. The van der Waals surface area contributed by atoms with E-state index < -0.39 is 5.54 Å². The number of nitrogens with zero attached hydrogens (tertiary/aromatic N) is 1. The highest BCUT2D eigenvalue weighted by atomic mass is 19.1. The first kappa shape index (κ1) is 13.6. The number of aromatic nitrogens is 1. The Labute approximate surface area is 112 Å². The van der Waals surface area contributed by atoms with Crippen molar-refractivity contribution in [3.05, 3.63) is 65.7 Å². The molecule has 100 valence electrons. The molecule has 1 unspecified atom stereocenters. The molecule has 4 heteroatoms. The number of pyridine rings is 1. The Morgan fingerprint density at radius 3 is 2.63 bits per heavy atom. The highest BCUT2D eigenvalue weighted by Crippen LogP contribution is 2.20. The minimum absolute atomic E-state index is 0.0419.